The molecule has 0 saturated carbocycles. The number of hydrogen-bond acceptors (Lipinski definition) is 9. The van der Waals surface area contributed by atoms with Gasteiger partial charge in [0.25, 0.3) is 0 Å². The molecular weight excluding hydrogens is 420 g/mol. The summed E-state index contributed by atoms with van der Waals surface area (Å²) >= 11 is 0. The van der Waals surface area contributed by atoms with Crippen LogP contribution in [0.15, 0.2) is 30.3 Å². The molecule has 0 fully saturated rings. The normalized spacial score (nSPS) is 15.1. The quantitative estimate of drug-likeness (QED) is 0.569. The molecular formula is C23H24O9. The van der Waals surface area contributed by atoms with Crippen LogP contribution >= 0.6 is 0 Å². The van der Waals surface area contributed by atoms with E-state index in [1.807, 2.05) is 6.07 Å². The maximum atomic E-state index is 12.8. The first-order valence-electron chi connectivity index (χ1n) is 10.0. The van der Waals surface area contributed by atoms with Crippen LogP contribution in [0.3, 0.4) is 0 Å². The minimum atomic E-state index is -0.803. The highest BCUT2D eigenvalue weighted by atomic mass is 16.7. The van der Waals surface area contributed by atoms with Crippen LogP contribution in [-0.4, -0.2) is 46.9 Å². The molecule has 0 saturated heterocycles. The van der Waals surface area contributed by atoms with Crippen LogP contribution in [-0.2, 0) is 31.9 Å². The van der Waals surface area contributed by atoms with Crippen LogP contribution in [0.5, 0.6) is 28.7 Å². The molecule has 0 aliphatic carbocycles. The van der Waals surface area contributed by atoms with Gasteiger partial charge in [0.05, 0.1) is 33.2 Å². The zero-order valence-corrected chi connectivity index (χ0v) is 18.0. The third-order valence-corrected chi connectivity index (χ3v) is 5.56. The number of methoxy groups -OCH3 is 3. The van der Waals surface area contributed by atoms with Crippen molar-refractivity contribution in [2.24, 2.45) is 11.8 Å². The minimum Gasteiger partial charge on any atom is -0.493 e. The first kappa shape index (κ1) is 21.6. The van der Waals surface area contributed by atoms with Gasteiger partial charge in [-0.15, -0.1) is 0 Å². The van der Waals surface area contributed by atoms with Crippen molar-refractivity contribution in [1.82, 2.24) is 0 Å². The first-order valence-corrected chi connectivity index (χ1v) is 10.0. The monoisotopic (exact) mass is 444 g/mol. The van der Waals surface area contributed by atoms with Crippen molar-refractivity contribution in [1.29, 1.82) is 0 Å². The Kier molecular flexibility index (Phi) is 6.25. The van der Waals surface area contributed by atoms with Crippen molar-refractivity contribution in [2.45, 2.75) is 12.8 Å². The third-order valence-electron chi connectivity index (χ3n) is 5.56. The summed E-state index contributed by atoms with van der Waals surface area (Å²) in [4.78, 5) is 25.5. The van der Waals surface area contributed by atoms with Gasteiger partial charge >= 0.3 is 11.9 Å². The average molecular weight is 444 g/mol. The first-order chi connectivity index (χ1) is 15.5. The van der Waals surface area contributed by atoms with Crippen molar-refractivity contribution >= 4 is 11.9 Å². The maximum Gasteiger partial charge on any atom is 0.309 e. The number of carbonyl (C=O) groups excluding carboxylic acids is 2. The van der Waals surface area contributed by atoms with E-state index in [0.717, 1.165) is 11.1 Å². The molecule has 2 heterocycles. The SMILES string of the molecule is COC(=O)[C@H](Cc1ccc2c(c1)OCO2)[C@@H](Cc1cc(OC)c2c(c1)OCO2)C(=O)OC. The summed E-state index contributed by atoms with van der Waals surface area (Å²) in [6.45, 7) is 0.237. The molecule has 4 rings (SSSR count). The molecule has 0 spiro atoms. The molecule has 2 aromatic carbocycles. The number of hydrogen-bond donors (Lipinski definition) is 0. The van der Waals surface area contributed by atoms with Gasteiger partial charge in [-0.1, -0.05) is 6.07 Å². The van der Waals surface area contributed by atoms with Crippen molar-refractivity contribution in [2.75, 3.05) is 34.9 Å². The zero-order valence-electron chi connectivity index (χ0n) is 18.0. The van der Waals surface area contributed by atoms with Crippen LogP contribution in [0.25, 0.3) is 0 Å². The van der Waals surface area contributed by atoms with E-state index in [-0.39, 0.29) is 26.4 Å². The summed E-state index contributed by atoms with van der Waals surface area (Å²) in [5.41, 5.74) is 1.54. The van der Waals surface area contributed by atoms with E-state index in [4.69, 9.17) is 33.2 Å². The highest BCUT2D eigenvalue weighted by Gasteiger charge is 2.36. The molecule has 170 valence electrons. The second-order valence-electron chi connectivity index (χ2n) is 7.39. The smallest absolute Gasteiger partial charge is 0.309 e. The van der Waals surface area contributed by atoms with E-state index in [1.54, 1.807) is 24.3 Å². The van der Waals surface area contributed by atoms with Crippen molar-refractivity contribution < 1.29 is 42.7 Å². The standard InChI is InChI=1S/C23H24O9/c1-26-19-9-14(10-20-21(19)32-12-31-20)7-16(23(25)28-3)15(22(24)27-2)6-13-4-5-17-18(8-13)30-11-29-17/h4-5,8-10,15-16H,6-7,11-12H2,1-3H3/t15-,16-/m1/s1. The Morgan fingerprint density at radius 3 is 2.06 bits per heavy atom. The predicted molar refractivity (Wildman–Crippen MR) is 110 cm³/mol. The van der Waals surface area contributed by atoms with E-state index in [2.05, 4.69) is 0 Å². The molecule has 0 bridgehead atoms. The zero-order chi connectivity index (χ0) is 22.7. The largest absolute Gasteiger partial charge is 0.493 e. The number of carbonyl (C=O) groups is 2. The summed E-state index contributed by atoms with van der Waals surface area (Å²) in [7, 11) is 4.12. The fourth-order valence-corrected chi connectivity index (χ4v) is 3.96. The summed E-state index contributed by atoms with van der Waals surface area (Å²) < 4.78 is 37.2. The van der Waals surface area contributed by atoms with E-state index in [0.29, 0.717) is 28.7 Å². The van der Waals surface area contributed by atoms with Gasteiger partial charge < -0.3 is 33.2 Å². The van der Waals surface area contributed by atoms with Gasteiger partial charge in [-0.2, -0.15) is 0 Å². The van der Waals surface area contributed by atoms with Crippen LogP contribution in [0.1, 0.15) is 11.1 Å². The van der Waals surface area contributed by atoms with Crippen LogP contribution in [0, 0.1) is 11.8 Å². The Hall–Kier alpha value is -3.62. The second kappa shape index (κ2) is 9.25. The molecule has 2 aliphatic heterocycles. The topological polar surface area (TPSA) is 98.8 Å². The highest BCUT2D eigenvalue weighted by Crippen LogP contribution is 2.43. The highest BCUT2D eigenvalue weighted by molar-refractivity contribution is 5.82. The molecule has 9 heteroatoms. The van der Waals surface area contributed by atoms with Crippen molar-refractivity contribution in [3.05, 3.63) is 41.5 Å². The summed E-state index contributed by atoms with van der Waals surface area (Å²) in [5.74, 6) is 0.144. The summed E-state index contributed by atoms with van der Waals surface area (Å²) in [6, 6.07) is 8.95. The molecule has 2 aliphatic rings. The van der Waals surface area contributed by atoms with Gasteiger partial charge in [0, 0.05) is 0 Å². The van der Waals surface area contributed by atoms with Crippen LogP contribution in [0.4, 0.5) is 0 Å². The van der Waals surface area contributed by atoms with Gasteiger partial charge in [0.2, 0.25) is 19.3 Å². The lowest BCUT2D eigenvalue weighted by Crippen LogP contribution is -2.34. The van der Waals surface area contributed by atoms with E-state index in [1.165, 1.54) is 21.3 Å². The molecule has 2 aromatic rings. The molecule has 0 amide bonds. The number of ether oxygens (including phenoxy) is 7. The van der Waals surface area contributed by atoms with Gasteiger partial charge in [-0.05, 0) is 48.2 Å². The second-order valence-corrected chi connectivity index (χ2v) is 7.39. The van der Waals surface area contributed by atoms with Crippen LogP contribution < -0.4 is 23.7 Å². The van der Waals surface area contributed by atoms with E-state index in [9.17, 15) is 9.59 Å². The molecule has 0 unspecified atom stereocenters. The predicted octanol–water partition coefficient (Wildman–Crippen LogP) is 2.52. The molecule has 0 N–H and O–H groups in total. The number of fused-ring (bicyclic) bond motifs is 2. The summed E-state index contributed by atoms with van der Waals surface area (Å²) in [5, 5.41) is 0. The lowest BCUT2D eigenvalue weighted by atomic mass is 9.82. The average Bonchev–Trinajstić information content (AvgIpc) is 3.48. The van der Waals surface area contributed by atoms with E-state index < -0.39 is 23.8 Å². The molecule has 0 radical (unpaired) electrons. The van der Waals surface area contributed by atoms with Gasteiger partial charge in [0.15, 0.2) is 23.0 Å². The summed E-state index contributed by atoms with van der Waals surface area (Å²) in [6.07, 6.45) is 0.467. The molecule has 9 nitrogen and oxygen atoms in total. The number of rotatable bonds is 8. The Morgan fingerprint density at radius 2 is 1.38 bits per heavy atom. The maximum absolute atomic E-state index is 12.8. The fraction of sp³-hybridized carbons (Fsp3) is 0.391. The Balaban J connectivity index is 1.64. The van der Waals surface area contributed by atoms with Crippen LogP contribution in [0.2, 0.25) is 0 Å². The minimum absolute atomic E-state index is 0.0878. The van der Waals surface area contributed by atoms with E-state index >= 15 is 0 Å². The Bertz CT molecular complexity index is 1020. The lowest BCUT2D eigenvalue weighted by Gasteiger charge is -2.24. The van der Waals surface area contributed by atoms with Gasteiger partial charge in [-0.3, -0.25) is 9.59 Å². The molecule has 0 aromatic heterocycles. The Morgan fingerprint density at radius 1 is 0.781 bits per heavy atom. The lowest BCUT2D eigenvalue weighted by molar-refractivity contribution is -0.157. The van der Waals surface area contributed by atoms with Crippen molar-refractivity contribution in [3.63, 3.8) is 0 Å². The fourth-order valence-electron chi connectivity index (χ4n) is 3.96. The van der Waals surface area contributed by atoms with Gasteiger partial charge in [-0.25, -0.2) is 0 Å². The molecule has 2 atom stereocenters. The molecule has 32 heavy (non-hydrogen) atoms. The van der Waals surface area contributed by atoms with Gasteiger partial charge in [0.1, 0.15) is 0 Å². The van der Waals surface area contributed by atoms with Crippen molar-refractivity contribution in [3.8, 4) is 28.7 Å². The number of esters is 2. The third kappa shape index (κ3) is 4.23. The Labute approximate surface area is 185 Å². The number of benzene rings is 2.